The molecule has 1 aromatic carbocycles. The molecule has 2 unspecified atom stereocenters. The Bertz CT molecular complexity index is 409. The minimum atomic E-state index is -0.813. The quantitative estimate of drug-likeness (QED) is 0.866. The Hall–Kier alpha value is -0.770. The van der Waals surface area contributed by atoms with Crippen molar-refractivity contribution in [3.63, 3.8) is 0 Å². The smallest absolute Gasteiger partial charge is 0.307 e. The fourth-order valence-corrected chi connectivity index (χ4v) is 1.98. The first-order valence-corrected chi connectivity index (χ1v) is 6.08. The van der Waals surface area contributed by atoms with Crippen LogP contribution in [0.5, 0.6) is 0 Å². The van der Waals surface area contributed by atoms with Crippen LogP contribution in [0, 0.1) is 5.92 Å². The molecule has 1 aromatic rings. The standard InChI is InChI=1S/C12H15Cl2NO2/c1-7(12(16)17)6-15-8(2)10-4-3-9(13)5-11(10)14/h3-5,7-8,15H,6H2,1-2H3,(H,16,17). The average molecular weight is 276 g/mol. The van der Waals surface area contributed by atoms with Crippen molar-refractivity contribution in [3.8, 4) is 0 Å². The molecule has 2 N–H and O–H groups in total. The summed E-state index contributed by atoms with van der Waals surface area (Å²) in [7, 11) is 0. The lowest BCUT2D eigenvalue weighted by molar-refractivity contribution is -0.140. The zero-order valence-electron chi connectivity index (χ0n) is 9.71. The Balaban J connectivity index is 2.64. The van der Waals surface area contributed by atoms with E-state index in [1.54, 1.807) is 19.1 Å². The summed E-state index contributed by atoms with van der Waals surface area (Å²) in [6.45, 7) is 3.99. The molecule has 0 aromatic heterocycles. The van der Waals surface area contributed by atoms with Crippen LogP contribution in [0.15, 0.2) is 18.2 Å². The molecule has 1 rings (SSSR count). The summed E-state index contributed by atoms with van der Waals surface area (Å²) < 4.78 is 0. The third-order valence-electron chi connectivity index (χ3n) is 2.58. The highest BCUT2D eigenvalue weighted by atomic mass is 35.5. The number of aliphatic carboxylic acids is 1. The summed E-state index contributed by atoms with van der Waals surface area (Å²) in [5.74, 6) is -1.24. The van der Waals surface area contributed by atoms with Crippen molar-refractivity contribution in [1.82, 2.24) is 5.32 Å². The van der Waals surface area contributed by atoms with Crippen LogP contribution < -0.4 is 5.32 Å². The van der Waals surface area contributed by atoms with E-state index in [4.69, 9.17) is 28.3 Å². The molecule has 0 aliphatic rings. The highest BCUT2D eigenvalue weighted by Gasteiger charge is 2.14. The maximum absolute atomic E-state index is 10.7. The van der Waals surface area contributed by atoms with Gasteiger partial charge in [0, 0.05) is 22.6 Å². The Labute approximate surface area is 111 Å². The van der Waals surface area contributed by atoms with Gasteiger partial charge >= 0.3 is 5.97 Å². The van der Waals surface area contributed by atoms with Crippen LogP contribution in [0.25, 0.3) is 0 Å². The molecule has 0 spiro atoms. The second-order valence-electron chi connectivity index (χ2n) is 4.04. The molecule has 0 aliphatic heterocycles. The van der Waals surface area contributed by atoms with Gasteiger partial charge in [-0.15, -0.1) is 0 Å². The molecule has 0 saturated carbocycles. The first-order chi connectivity index (χ1) is 7.91. The molecule has 0 bridgehead atoms. The van der Waals surface area contributed by atoms with Crippen molar-refractivity contribution in [2.24, 2.45) is 5.92 Å². The van der Waals surface area contributed by atoms with Crippen LogP contribution >= 0.6 is 23.2 Å². The molecule has 0 saturated heterocycles. The van der Waals surface area contributed by atoms with Gasteiger partial charge in [-0.3, -0.25) is 4.79 Å². The molecular weight excluding hydrogens is 261 g/mol. The number of halogens is 2. The van der Waals surface area contributed by atoms with E-state index in [0.29, 0.717) is 16.6 Å². The highest BCUT2D eigenvalue weighted by Crippen LogP contribution is 2.26. The number of nitrogens with one attached hydrogen (secondary N) is 1. The number of carboxylic acid groups (broad SMARTS) is 1. The molecular formula is C12H15Cl2NO2. The first-order valence-electron chi connectivity index (χ1n) is 5.33. The van der Waals surface area contributed by atoms with Crippen molar-refractivity contribution >= 4 is 29.2 Å². The van der Waals surface area contributed by atoms with E-state index in [1.807, 2.05) is 13.0 Å². The van der Waals surface area contributed by atoms with Gasteiger partial charge < -0.3 is 10.4 Å². The molecule has 0 aliphatic carbocycles. The summed E-state index contributed by atoms with van der Waals surface area (Å²) in [5, 5.41) is 13.1. The van der Waals surface area contributed by atoms with E-state index in [9.17, 15) is 4.79 Å². The molecule has 94 valence electrons. The first kappa shape index (κ1) is 14.3. The summed E-state index contributed by atoms with van der Waals surface area (Å²) >= 11 is 11.9. The van der Waals surface area contributed by atoms with Crippen LogP contribution in [0.2, 0.25) is 10.0 Å². The molecule has 0 radical (unpaired) electrons. The molecule has 17 heavy (non-hydrogen) atoms. The third kappa shape index (κ3) is 4.19. The second-order valence-corrected chi connectivity index (χ2v) is 4.88. The van der Waals surface area contributed by atoms with E-state index >= 15 is 0 Å². The highest BCUT2D eigenvalue weighted by molar-refractivity contribution is 6.35. The lowest BCUT2D eigenvalue weighted by Gasteiger charge is -2.17. The normalized spacial score (nSPS) is 14.4. The van der Waals surface area contributed by atoms with E-state index in [2.05, 4.69) is 5.32 Å². The zero-order valence-corrected chi connectivity index (χ0v) is 11.2. The van der Waals surface area contributed by atoms with Crippen LogP contribution in [-0.4, -0.2) is 17.6 Å². The number of rotatable bonds is 5. The minimum Gasteiger partial charge on any atom is -0.481 e. The predicted molar refractivity (Wildman–Crippen MR) is 69.7 cm³/mol. The van der Waals surface area contributed by atoms with Crippen molar-refractivity contribution in [3.05, 3.63) is 33.8 Å². The Morgan fingerprint density at radius 3 is 2.59 bits per heavy atom. The number of hydrogen-bond acceptors (Lipinski definition) is 2. The summed E-state index contributed by atoms with van der Waals surface area (Å²) in [5.41, 5.74) is 0.911. The number of carboxylic acids is 1. The van der Waals surface area contributed by atoms with Gasteiger partial charge in [0.1, 0.15) is 0 Å². The molecule has 0 amide bonds. The van der Waals surface area contributed by atoms with Gasteiger partial charge in [0.2, 0.25) is 0 Å². The van der Waals surface area contributed by atoms with Crippen molar-refractivity contribution < 1.29 is 9.90 Å². The monoisotopic (exact) mass is 275 g/mol. The average Bonchev–Trinajstić information content (AvgIpc) is 2.25. The van der Waals surface area contributed by atoms with Crippen molar-refractivity contribution in [2.45, 2.75) is 19.9 Å². The Morgan fingerprint density at radius 2 is 2.06 bits per heavy atom. The second kappa shape index (κ2) is 6.24. The van der Waals surface area contributed by atoms with Crippen molar-refractivity contribution in [2.75, 3.05) is 6.54 Å². The predicted octanol–water partition coefficient (Wildman–Crippen LogP) is 3.36. The van der Waals surface area contributed by atoms with Crippen molar-refractivity contribution in [1.29, 1.82) is 0 Å². The van der Waals surface area contributed by atoms with Gasteiger partial charge in [-0.05, 0) is 24.6 Å². The topological polar surface area (TPSA) is 49.3 Å². The molecule has 0 fully saturated rings. The van der Waals surface area contributed by atoms with Gasteiger partial charge in [-0.2, -0.15) is 0 Å². The number of hydrogen-bond donors (Lipinski definition) is 2. The van der Waals surface area contributed by atoms with Crippen LogP contribution in [0.1, 0.15) is 25.5 Å². The summed E-state index contributed by atoms with van der Waals surface area (Å²) in [6, 6.07) is 5.27. The fourth-order valence-electron chi connectivity index (χ4n) is 1.40. The van der Waals surface area contributed by atoms with E-state index < -0.39 is 11.9 Å². The van der Waals surface area contributed by atoms with E-state index in [-0.39, 0.29) is 6.04 Å². The molecule has 5 heteroatoms. The maximum atomic E-state index is 10.7. The fraction of sp³-hybridized carbons (Fsp3) is 0.417. The van der Waals surface area contributed by atoms with Gasteiger partial charge in [0.05, 0.1) is 5.92 Å². The van der Waals surface area contributed by atoms with Crippen LogP contribution in [0.3, 0.4) is 0 Å². The largest absolute Gasteiger partial charge is 0.481 e. The van der Waals surface area contributed by atoms with Crippen LogP contribution in [-0.2, 0) is 4.79 Å². The summed E-state index contributed by atoms with van der Waals surface area (Å²) in [6.07, 6.45) is 0. The van der Waals surface area contributed by atoms with E-state index in [1.165, 1.54) is 0 Å². The van der Waals surface area contributed by atoms with Gasteiger partial charge in [0.15, 0.2) is 0 Å². The lowest BCUT2D eigenvalue weighted by atomic mass is 10.1. The van der Waals surface area contributed by atoms with Gasteiger partial charge in [-0.1, -0.05) is 36.2 Å². The van der Waals surface area contributed by atoms with Crippen LogP contribution in [0.4, 0.5) is 0 Å². The SMILES string of the molecule is CC(CNC(C)c1ccc(Cl)cc1Cl)C(=O)O. The number of carbonyl (C=O) groups is 1. The van der Waals surface area contributed by atoms with Gasteiger partial charge in [-0.25, -0.2) is 0 Å². The maximum Gasteiger partial charge on any atom is 0.307 e. The van der Waals surface area contributed by atoms with E-state index in [0.717, 1.165) is 5.56 Å². The Kier molecular flexibility index (Phi) is 5.25. The molecule has 2 atom stereocenters. The Morgan fingerprint density at radius 1 is 1.41 bits per heavy atom. The van der Waals surface area contributed by atoms with Gasteiger partial charge in [0.25, 0.3) is 0 Å². The summed E-state index contributed by atoms with van der Waals surface area (Å²) in [4.78, 5) is 10.7. The zero-order chi connectivity index (χ0) is 13.0. The molecule has 0 heterocycles. The molecule has 3 nitrogen and oxygen atoms in total. The third-order valence-corrected chi connectivity index (χ3v) is 3.14. The minimum absolute atomic E-state index is 0.0124. The number of benzene rings is 1. The lowest BCUT2D eigenvalue weighted by Crippen LogP contribution is -2.28.